The maximum atomic E-state index is 12.1. The summed E-state index contributed by atoms with van der Waals surface area (Å²) in [6.45, 7) is 6.21. The third kappa shape index (κ3) is 2.24. The molecule has 3 heteroatoms. The van der Waals surface area contributed by atoms with Gasteiger partial charge in [0.05, 0.1) is 12.2 Å². The molecular weight excluding hydrogens is 200 g/mol. The molecule has 1 saturated heterocycles. The van der Waals surface area contributed by atoms with Crippen LogP contribution in [0.5, 0.6) is 0 Å². The fourth-order valence-electron chi connectivity index (χ4n) is 2.59. The highest BCUT2D eigenvalue weighted by Crippen LogP contribution is 2.40. The van der Waals surface area contributed by atoms with Gasteiger partial charge in [0.25, 0.3) is 0 Å². The van der Waals surface area contributed by atoms with Crippen molar-refractivity contribution in [3.05, 3.63) is 0 Å². The number of rotatable bonds is 6. The Hall–Kier alpha value is -0.570. The molecule has 0 aromatic carbocycles. The van der Waals surface area contributed by atoms with Gasteiger partial charge in [-0.25, -0.2) is 0 Å². The van der Waals surface area contributed by atoms with Crippen molar-refractivity contribution < 1.29 is 4.79 Å². The maximum Gasteiger partial charge on any atom is 0.243 e. The van der Waals surface area contributed by atoms with Crippen LogP contribution in [0.2, 0.25) is 0 Å². The summed E-state index contributed by atoms with van der Waals surface area (Å²) < 4.78 is 0. The van der Waals surface area contributed by atoms with Crippen LogP contribution in [0.4, 0.5) is 0 Å². The first-order chi connectivity index (χ1) is 7.72. The molecule has 1 heterocycles. The quantitative estimate of drug-likeness (QED) is 0.749. The SMILES string of the molecule is CCCCC(CC)CN1CNC2(CC2)C1=O. The van der Waals surface area contributed by atoms with E-state index in [0.717, 1.165) is 26.1 Å². The molecule has 1 aliphatic carbocycles. The standard InChI is InChI=1S/C13H24N2O/c1-3-5-6-11(4-2)9-15-10-14-13(7-8-13)12(15)16/h11,14H,3-10H2,1-2H3. The molecule has 1 spiro atoms. The molecule has 1 atom stereocenters. The Morgan fingerprint density at radius 1 is 1.44 bits per heavy atom. The van der Waals surface area contributed by atoms with Crippen molar-refractivity contribution in [3.8, 4) is 0 Å². The minimum atomic E-state index is -0.108. The minimum absolute atomic E-state index is 0.108. The molecule has 0 bridgehead atoms. The van der Waals surface area contributed by atoms with E-state index < -0.39 is 0 Å². The van der Waals surface area contributed by atoms with Gasteiger partial charge in [0, 0.05) is 6.54 Å². The molecule has 2 rings (SSSR count). The molecule has 92 valence electrons. The van der Waals surface area contributed by atoms with Crippen molar-refractivity contribution in [3.63, 3.8) is 0 Å². The van der Waals surface area contributed by atoms with Crippen LogP contribution < -0.4 is 5.32 Å². The molecule has 1 unspecified atom stereocenters. The summed E-state index contributed by atoms with van der Waals surface area (Å²) in [6.07, 6.45) is 7.11. The first-order valence-corrected chi connectivity index (χ1v) is 6.76. The lowest BCUT2D eigenvalue weighted by Gasteiger charge is -2.22. The van der Waals surface area contributed by atoms with Crippen molar-refractivity contribution in [2.45, 2.75) is 57.9 Å². The summed E-state index contributed by atoms with van der Waals surface area (Å²) in [4.78, 5) is 14.1. The highest BCUT2D eigenvalue weighted by molar-refractivity contribution is 5.91. The van der Waals surface area contributed by atoms with Gasteiger partial charge in [-0.3, -0.25) is 10.1 Å². The summed E-state index contributed by atoms with van der Waals surface area (Å²) in [5.74, 6) is 1.06. The first kappa shape index (κ1) is 11.9. The van der Waals surface area contributed by atoms with Crippen molar-refractivity contribution in [2.75, 3.05) is 13.2 Å². The number of nitrogens with one attached hydrogen (secondary N) is 1. The Bertz CT molecular complexity index is 261. The number of amides is 1. The molecule has 0 aromatic rings. The molecule has 16 heavy (non-hydrogen) atoms. The molecule has 1 aliphatic heterocycles. The molecule has 0 radical (unpaired) electrons. The fraction of sp³-hybridized carbons (Fsp3) is 0.923. The van der Waals surface area contributed by atoms with Crippen molar-refractivity contribution in [1.82, 2.24) is 10.2 Å². The van der Waals surface area contributed by atoms with Gasteiger partial charge in [0.1, 0.15) is 0 Å². The fourth-order valence-corrected chi connectivity index (χ4v) is 2.59. The van der Waals surface area contributed by atoms with Crippen LogP contribution in [0.25, 0.3) is 0 Å². The molecule has 1 saturated carbocycles. The normalized spacial score (nSPS) is 24.1. The first-order valence-electron chi connectivity index (χ1n) is 6.76. The molecule has 1 N–H and O–H groups in total. The van der Waals surface area contributed by atoms with Gasteiger partial charge in [-0.1, -0.05) is 33.1 Å². The van der Waals surface area contributed by atoms with Gasteiger partial charge >= 0.3 is 0 Å². The van der Waals surface area contributed by atoms with Gasteiger partial charge in [-0.05, 0) is 25.2 Å². The average molecular weight is 224 g/mol. The summed E-state index contributed by atoms with van der Waals surface area (Å²) in [5, 5.41) is 3.37. The highest BCUT2D eigenvalue weighted by Gasteiger charge is 2.55. The molecule has 0 aromatic heterocycles. The second-order valence-corrected chi connectivity index (χ2v) is 5.36. The Labute approximate surface area is 98.6 Å². The molecule has 1 amide bonds. The topological polar surface area (TPSA) is 32.3 Å². The van der Waals surface area contributed by atoms with Crippen LogP contribution in [0.15, 0.2) is 0 Å². The molecule has 2 fully saturated rings. The zero-order chi connectivity index (χ0) is 11.6. The number of hydrogen-bond donors (Lipinski definition) is 1. The number of unbranched alkanes of at least 4 members (excludes halogenated alkanes) is 1. The Kier molecular flexibility index (Phi) is 3.53. The number of carbonyl (C=O) groups excluding carboxylic acids is 1. The van der Waals surface area contributed by atoms with Crippen LogP contribution in [-0.4, -0.2) is 29.6 Å². The third-order valence-electron chi connectivity index (χ3n) is 4.08. The monoisotopic (exact) mass is 224 g/mol. The summed E-state index contributed by atoms with van der Waals surface area (Å²) in [7, 11) is 0. The smallest absolute Gasteiger partial charge is 0.243 e. The summed E-state index contributed by atoms with van der Waals surface area (Å²) in [6, 6.07) is 0. The summed E-state index contributed by atoms with van der Waals surface area (Å²) in [5.41, 5.74) is -0.108. The molecule has 2 aliphatic rings. The van der Waals surface area contributed by atoms with Crippen LogP contribution >= 0.6 is 0 Å². The molecule has 3 nitrogen and oxygen atoms in total. The zero-order valence-corrected chi connectivity index (χ0v) is 10.6. The Morgan fingerprint density at radius 2 is 2.19 bits per heavy atom. The highest BCUT2D eigenvalue weighted by atomic mass is 16.2. The minimum Gasteiger partial charge on any atom is -0.328 e. The Balaban J connectivity index is 1.82. The van der Waals surface area contributed by atoms with Crippen LogP contribution in [0.1, 0.15) is 52.4 Å². The van der Waals surface area contributed by atoms with Gasteiger partial charge in [-0.2, -0.15) is 0 Å². The lowest BCUT2D eigenvalue weighted by atomic mass is 9.99. The van der Waals surface area contributed by atoms with E-state index in [0.29, 0.717) is 11.8 Å². The van der Waals surface area contributed by atoms with Gasteiger partial charge < -0.3 is 4.90 Å². The van der Waals surface area contributed by atoms with E-state index >= 15 is 0 Å². The lowest BCUT2D eigenvalue weighted by molar-refractivity contribution is -0.130. The number of hydrogen-bond acceptors (Lipinski definition) is 2. The zero-order valence-electron chi connectivity index (χ0n) is 10.6. The second-order valence-electron chi connectivity index (χ2n) is 5.36. The van der Waals surface area contributed by atoms with Crippen LogP contribution in [0, 0.1) is 5.92 Å². The predicted octanol–water partition coefficient (Wildman–Crippen LogP) is 2.12. The van der Waals surface area contributed by atoms with Gasteiger partial charge in [-0.15, -0.1) is 0 Å². The van der Waals surface area contributed by atoms with E-state index in [1.54, 1.807) is 0 Å². The van der Waals surface area contributed by atoms with E-state index in [2.05, 4.69) is 19.2 Å². The average Bonchev–Trinajstić information content (AvgIpc) is 3.02. The van der Waals surface area contributed by atoms with E-state index in [1.807, 2.05) is 4.90 Å². The number of nitrogens with zero attached hydrogens (tertiary/aromatic N) is 1. The maximum absolute atomic E-state index is 12.1. The van der Waals surface area contributed by atoms with Crippen LogP contribution in [-0.2, 0) is 4.79 Å². The number of carbonyl (C=O) groups is 1. The lowest BCUT2D eigenvalue weighted by Crippen LogP contribution is -2.35. The Morgan fingerprint density at radius 3 is 2.69 bits per heavy atom. The van der Waals surface area contributed by atoms with Gasteiger partial charge in [0.2, 0.25) is 5.91 Å². The molecular formula is C13H24N2O. The second kappa shape index (κ2) is 4.74. The summed E-state index contributed by atoms with van der Waals surface area (Å²) >= 11 is 0. The third-order valence-corrected chi connectivity index (χ3v) is 4.08. The largest absolute Gasteiger partial charge is 0.328 e. The van der Waals surface area contributed by atoms with Crippen LogP contribution in [0.3, 0.4) is 0 Å². The van der Waals surface area contributed by atoms with Gasteiger partial charge in [0.15, 0.2) is 0 Å². The predicted molar refractivity (Wildman–Crippen MR) is 65.0 cm³/mol. The van der Waals surface area contributed by atoms with E-state index in [4.69, 9.17) is 0 Å². The van der Waals surface area contributed by atoms with E-state index in [9.17, 15) is 4.79 Å². The van der Waals surface area contributed by atoms with Crippen molar-refractivity contribution >= 4 is 5.91 Å². The van der Waals surface area contributed by atoms with E-state index in [-0.39, 0.29) is 5.54 Å². The van der Waals surface area contributed by atoms with E-state index in [1.165, 1.54) is 25.7 Å². The van der Waals surface area contributed by atoms with Crippen molar-refractivity contribution in [2.24, 2.45) is 5.92 Å². The van der Waals surface area contributed by atoms with Crippen molar-refractivity contribution in [1.29, 1.82) is 0 Å².